The molecule has 0 spiro atoms. The number of halogens is 3. The van der Waals surface area contributed by atoms with Crippen LogP contribution in [-0.2, 0) is 9.59 Å². The molecule has 0 saturated carbocycles. The first-order chi connectivity index (χ1) is 14.8. The van der Waals surface area contributed by atoms with Gasteiger partial charge in [-0.05, 0) is 37.3 Å². The van der Waals surface area contributed by atoms with E-state index in [1.807, 2.05) is 6.92 Å². The van der Waals surface area contributed by atoms with E-state index in [1.165, 1.54) is 12.1 Å². The summed E-state index contributed by atoms with van der Waals surface area (Å²) in [6.07, 6.45) is 0.317. The molecule has 1 aliphatic heterocycles. The molecule has 0 bridgehead atoms. The fraction of sp³-hybridized carbons (Fsp3) is 0.364. The molecule has 1 fully saturated rings. The van der Waals surface area contributed by atoms with Gasteiger partial charge in [0.25, 0.3) is 0 Å². The van der Waals surface area contributed by atoms with Gasteiger partial charge in [0.05, 0.1) is 21.8 Å². The number of hydrogen-bond donors (Lipinski definition) is 2. The number of nitrogens with one attached hydrogen (secondary N) is 2. The van der Waals surface area contributed by atoms with E-state index in [2.05, 4.69) is 20.4 Å². The molecule has 6 nitrogen and oxygen atoms in total. The average molecular weight is 467 g/mol. The number of amides is 2. The summed E-state index contributed by atoms with van der Waals surface area (Å²) in [7, 11) is 0. The number of carbonyl (C=O) groups is 2. The number of piperazine rings is 1. The van der Waals surface area contributed by atoms with Crippen LogP contribution in [0.5, 0.6) is 0 Å². The Kier molecular flexibility index (Phi) is 8.26. The largest absolute Gasteiger partial charge is 0.325 e. The molecular weight excluding hydrogens is 442 g/mol. The fourth-order valence-electron chi connectivity index (χ4n) is 3.43. The molecule has 2 aromatic carbocycles. The Morgan fingerprint density at radius 2 is 1.68 bits per heavy atom. The van der Waals surface area contributed by atoms with Gasteiger partial charge < -0.3 is 15.5 Å². The molecule has 2 N–H and O–H groups in total. The molecule has 1 unspecified atom stereocenters. The van der Waals surface area contributed by atoms with Crippen molar-refractivity contribution in [2.45, 2.75) is 19.4 Å². The highest BCUT2D eigenvalue weighted by Gasteiger charge is 2.26. The minimum Gasteiger partial charge on any atom is -0.325 e. The first-order valence-corrected chi connectivity index (χ1v) is 10.9. The van der Waals surface area contributed by atoms with Gasteiger partial charge in [0.2, 0.25) is 11.8 Å². The van der Waals surface area contributed by atoms with Gasteiger partial charge in [0, 0.05) is 44.8 Å². The number of anilines is 2. The first kappa shape index (κ1) is 23.5. The van der Waals surface area contributed by atoms with Crippen LogP contribution < -0.4 is 10.6 Å². The first-order valence-electron chi connectivity index (χ1n) is 10.1. The fourth-order valence-corrected chi connectivity index (χ4v) is 3.92. The molecule has 1 saturated heterocycles. The van der Waals surface area contributed by atoms with Crippen molar-refractivity contribution >= 4 is 46.4 Å². The summed E-state index contributed by atoms with van der Waals surface area (Å²) in [5.74, 6) is -0.713. The standard InChI is InChI=1S/C22H25Cl2FN4O2/c1-15(22(31)26-17-5-2-4-16(25)14-17)29-12-10-28(11-13-29)9-8-20(30)27-21-18(23)6-3-7-19(21)24/h2-7,14-15H,8-13H2,1H3,(H,26,31)(H,27,30). The summed E-state index contributed by atoms with van der Waals surface area (Å²) in [6.45, 7) is 5.34. The molecule has 0 aliphatic carbocycles. The zero-order valence-electron chi connectivity index (χ0n) is 17.2. The number of benzene rings is 2. The van der Waals surface area contributed by atoms with Crippen molar-refractivity contribution in [3.05, 3.63) is 58.3 Å². The van der Waals surface area contributed by atoms with Gasteiger partial charge in [-0.15, -0.1) is 0 Å². The number of nitrogens with zero attached hydrogens (tertiary/aromatic N) is 2. The van der Waals surface area contributed by atoms with Gasteiger partial charge in [0.15, 0.2) is 0 Å². The van der Waals surface area contributed by atoms with E-state index < -0.39 is 0 Å². The number of para-hydroxylation sites is 1. The minimum atomic E-state index is -0.389. The Morgan fingerprint density at radius 3 is 2.32 bits per heavy atom. The topological polar surface area (TPSA) is 64.7 Å². The lowest BCUT2D eigenvalue weighted by molar-refractivity contribution is -0.121. The van der Waals surface area contributed by atoms with Crippen LogP contribution >= 0.6 is 23.2 Å². The Labute approximate surface area is 191 Å². The van der Waals surface area contributed by atoms with Crippen LogP contribution in [0, 0.1) is 5.82 Å². The van der Waals surface area contributed by atoms with E-state index >= 15 is 0 Å². The molecule has 0 aromatic heterocycles. The van der Waals surface area contributed by atoms with E-state index in [-0.39, 0.29) is 23.7 Å². The lowest BCUT2D eigenvalue weighted by Gasteiger charge is -2.37. The summed E-state index contributed by atoms with van der Waals surface area (Å²) >= 11 is 12.2. The van der Waals surface area contributed by atoms with Gasteiger partial charge >= 0.3 is 0 Å². The van der Waals surface area contributed by atoms with Crippen LogP contribution in [0.3, 0.4) is 0 Å². The lowest BCUT2D eigenvalue weighted by atomic mass is 10.2. The number of carbonyl (C=O) groups excluding carboxylic acids is 2. The van der Waals surface area contributed by atoms with Crippen LogP contribution in [-0.4, -0.2) is 60.4 Å². The predicted octanol–water partition coefficient (Wildman–Crippen LogP) is 4.11. The van der Waals surface area contributed by atoms with Crippen molar-refractivity contribution in [3.63, 3.8) is 0 Å². The van der Waals surface area contributed by atoms with Crippen LogP contribution in [0.15, 0.2) is 42.5 Å². The lowest BCUT2D eigenvalue weighted by Crippen LogP contribution is -2.53. The molecule has 2 amide bonds. The molecule has 0 radical (unpaired) electrons. The van der Waals surface area contributed by atoms with Gasteiger partial charge in [0.1, 0.15) is 5.82 Å². The molecule has 9 heteroatoms. The average Bonchev–Trinajstić information content (AvgIpc) is 2.75. The highest BCUT2D eigenvalue weighted by Crippen LogP contribution is 2.29. The minimum absolute atomic E-state index is 0.153. The van der Waals surface area contributed by atoms with Crippen molar-refractivity contribution < 1.29 is 14.0 Å². The second-order valence-corrected chi connectivity index (χ2v) is 8.26. The highest BCUT2D eigenvalue weighted by atomic mass is 35.5. The van der Waals surface area contributed by atoms with Gasteiger partial charge in [-0.3, -0.25) is 14.5 Å². The zero-order valence-corrected chi connectivity index (χ0v) is 18.7. The number of hydrogen-bond acceptors (Lipinski definition) is 4. The molecule has 3 rings (SSSR count). The van der Waals surface area contributed by atoms with Crippen molar-refractivity contribution in [2.75, 3.05) is 43.4 Å². The van der Waals surface area contributed by atoms with Crippen molar-refractivity contribution in [1.29, 1.82) is 0 Å². The molecule has 1 atom stereocenters. The third kappa shape index (κ3) is 6.64. The molecule has 2 aromatic rings. The molecule has 166 valence electrons. The molecule has 31 heavy (non-hydrogen) atoms. The maximum absolute atomic E-state index is 13.3. The monoisotopic (exact) mass is 466 g/mol. The third-order valence-electron chi connectivity index (χ3n) is 5.31. The van der Waals surface area contributed by atoms with Crippen LogP contribution in [0.1, 0.15) is 13.3 Å². The maximum Gasteiger partial charge on any atom is 0.241 e. The van der Waals surface area contributed by atoms with E-state index in [4.69, 9.17) is 23.2 Å². The quantitative estimate of drug-likeness (QED) is 0.644. The summed E-state index contributed by atoms with van der Waals surface area (Å²) in [6, 6.07) is 10.6. The smallest absolute Gasteiger partial charge is 0.241 e. The Bertz CT molecular complexity index is 915. The third-order valence-corrected chi connectivity index (χ3v) is 5.94. The maximum atomic E-state index is 13.3. The predicted molar refractivity (Wildman–Crippen MR) is 122 cm³/mol. The molecular formula is C22H25Cl2FN4O2. The summed E-state index contributed by atoms with van der Waals surface area (Å²) in [5, 5.41) is 6.33. The van der Waals surface area contributed by atoms with Gasteiger partial charge in [-0.1, -0.05) is 35.3 Å². The van der Waals surface area contributed by atoms with Crippen LogP contribution in [0.25, 0.3) is 0 Å². The van der Waals surface area contributed by atoms with Crippen molar-refractivity contribution in [3.8, 4) is 0 Å². The van der Waals surface area contributed by atoms with E-state index in [9.17, 15) is 14.0 Å². The van der Waals surface area contributed by atoms with Gasteiger partial charge in [-0.2, -0.15) is 0 Å². The number of rotatable bonds is 7. The summed E-state index contributed by atoms with van der Waals surface area (Å²) in [4.78, 5) is 29.0. The zero-order chi connectivity index (χ0) is 22.4. The van der Waals surface area contributed by atoms with E-state index in [0.29, 0.717) is 47.5 Å². The highest BCUT2D eigenvalue weighted by molar-refractivity contribution is 6.39. The summed E-state index contributed by atoms with van der Waals surface area (Å²) in [5.41, 5.74) is 0.874. The van der Waals surface area contributed by atoms with Crippen LogP contribution in [0.2, 0.25) is 10.0 Å². The van der Waals surface area contributed by atoms with Crippen molar-refractivity contribution in [2.24, 2.45) is 0 Å². The summed E-state index contributed by atoms with van der Waals surface area (Å²) < 4.78 is 13.3. The Balaban J connectivity index is 1.42. The van der Waals surface area contributed by atoms with E-state index in [1.54, 1.807) is 30.3 Å². The van der Waals surface area contributed by atoms with Crippen molar-refractivity contribution in [1.82, 2.24) is 9.80 Å². The molecule has 1 aliphatic rings. The second-order valence-electron chi connectivity index (χ2n) is 7.45. The van der Waals surface area contributed by atoms with E-state index in [0.717, 1.165) is 13.1 Å². The normalized spacial score (nSPS) is 16.0. The SMILES string of the molecule is CC(C(=O)Nc1cccc(F)c1)N1CCN(CCC(=O)Nc2c(Cl)cccc2Cl)CC1. The van der Waals surface area contributed by atoms with Gasteiger partial charge in [-0.25, -0.2) is 4.39 Å². The molecule has 1 heterocycles. The Hall–Kier alpha value is -2.19. The van der Waals surface area contributed by atoms with Crippen LogP contribution in [0.4, 0.5) is 15.8 Å². The Morgan fingerprint density at radius 1 is 1.03 bits per heavy atom. The second kappa shape index (κ2) is 10.9.